The Morgan fingerprint density at radius 3 is 2.00 bits per heavy atom. The Labute approximate surface area is 133 Å². The van der Waals surface area contributed by atoms with Crippen LogP contribution < -0.4 is 10.6 Å². The van der Waals surface area contributed by atoms with Gasteiger partial charge >= 0.3 is 0 Å². The molecule has 2 amide bonds. The van der Waals surface area contributed by atoms with Crippen LogP contribution in [0.15, 0.2) is 48.5 Å². The van der Waals surface area contributed by atoms with Gasteiger partial charge in [-0.1, -0.05) is 6.07 Å². The zero-order valence-electron chi connectivity index (χ0n) is 12.5. The number of amides is 2. The van der Waals surface area contributed by atoms with E-state index in [9.17, 15) is 14.7 Å². The first-order valence-electron chi connectivity index (χ1n) is 7.21. The van der Waals surface area contributed by atoms with Gasteiger partial charge in [0.15, 0.2) is 0 Å². The van der Waals surface area contributed by atoms with Gasteiger partial charge in [-0.05, 0) is 48.9 Å². The molecule has 0 fully saturated rings. The Morgan fingerprint density at radius 1 is 0.783 bits per heavy atom. The fourth-order valence-corrected chi connectivity index (χ4v) is 1.96. The Hall–Kier alpha value is -3.02. The molecule has 0 saturated carbocycles. The van der Waals surface area contributed by atoms with E-state index in [0.717, 1.165) is 0 Å². The summed E-state index contributed by atoms with van der Waals surface area (Å²) in [5.41, 5.74) is 0.852. The van der Waals surface area contributed by atoms with E-state index in [1.54, 1.807) is 12.1 Å². The Bertz CT molecular complexity index is 683. The number of rotatable bonds is 6. The molecule has 0 bridgehead atoms. The highest BCUT2D eigenvalue weighted by Crippen LogP contribution is 2.10. The van der Waals surface area contributed by atoms with Gasteiger partial charge in [-0.3, -0.25) is 9.59 Å². The lowest BCUT2D eigenvalue weighted by Crippen LogP contribution is -2.29. The first-order chi connectivity index (χ1) is 11.1. The quantitative estimate of drug-likeness (QED) is 0.609. The molecule has 120 valence electrons. The predicted molar refractivity (Wildman–Crippen MR) is 85.5 cm³/mol. The molecule has 0 heterocycles. The van der Waals surface area contributed by atoms with Crippen molar-refractivity contribution in [1.82, 2.24) is 10.6 Å². The summed E-state index contributed by atoms with van der Waals surface area (Å²) >= 11 is 0. The highest BCUT2D eigenvalue weighted by molar-refractivity contribution is 5.95. The minimum atomic E-state index is -0.272. The number of carbonyl (C=O) groups excluding carboxylic acids is 2. The average Bonchev–Trinajstić information content (AvgIpc) is 2.54. The third-order valence-electron chi connectivity index (χ3n) is 3.16. The van der Waals surface area contributed by atoms with Crippen molar-refractivity contribution in [2.75, 3.05) is 13.1 Å². The number of carbonyl (C=O) groups is 2. The average molecular weight is 314 g/mol. The van der Waals surface area contributed by atoms with E-state index >= 15 is 0 Å². The van der Waals surface area contributed by atoms with E-state index in [4.69, 9.17) is 5.11 Å². The van der Waals surface area contributed by atoms with Gasteiger partial charge in [0, 0.05) is 24.2 Å². The SMILES string of the molecule is O=C(NCCCNC(=O)c1cccc(O)c1)c1ccc(O)cc1. The summed E-state index contributed by atoms with van der Waals surface area (Å²) in [7, 11) is 0. The van der Waals surface area contributed by atoms with E-state index in [1.165, 1.54) is 36.4 Å². The van der Waals surface area contributed by atoms with Crippen molar-refractivity contribution in [3.8, 4) is 11.5 Å². The number of aromatic hydroxyl groups is 2. The second kappa shape index (κ2) is 7.84. The maximum Gasteiger partial charge on any atom is 0.251 e. The molecule has 0 unspecified atom stereocenters. The number of phenols is 2. The lowest BCUT2D eigenvalue weighted by atomic mass is 10.2. The Balaban J connectivity index is 1.68. The first-order valence-corrected chi connectivity index (χ1v) is 7.21. The smallest absolute Gasteiger partial charge is 0.251 e. The molecule has 0 aromatic heterocycles. The minimum absolute atomic E-state index is 0.0406. The molecule has 6 nitrogen and oxygen atoms in total. The van der Waals surface area contributed by atoms with Crippen LogP contribution in [0.5, 0.6) is 11.5 Å². The molecule has 0 aliphatic carbocycles. The highest BCUT2D eigenvalue weighted by Gasteiger charge is 2.06. The number of nitrogens with one attached hydrogen (secondary N) is 2. The molecule has 2 aromatic rings. The maximum atomic E-state index is 11.8. The summed E-state index contributed by atoms with van der Waals surface area (Å²) in [6, 6.07) is 12.1. The second-order valence-electron chi connectivity index (χ2n) is 4.96. The molecular weight excluding hydrogens is 296 g/mol. The summed E-state index contributed by atoms with van der Waals surface area (Å²) < 4.78 is 0. The van der Waals surface area contributed by atoms with Crippen LogP contribution >= 0.6 is 0 Å². The van der Waals surface area contributed by atoms with E-state index in [-0.39, 0.29) is 23.3 Å². The van der Waals surface area contributed by atoms with Gasteiger partial charge < -0.3 is 20.8 Å². The molecule has 2 aromatic carbocycles. The largest absolute Gasteiger partial charge is 0.508 e. The van der Waals surface area contributed by atoms with Crippen LogP contribution in [0, 0.1) is 0 Å². The molecule has 2 rings (SSSR count). The van der Waals surface area contributed by atoms with Gasteiger partial charge in [0.2, 0.25) is 0 Å². The van der Waals surface area contributed by atoms with E-state index in [0.29, 0.717) is 30.6 Å². The van der Waals surface area contributed by atoms with Crippen LogP contribution in [-0.4, -0.2) is 35.1 Å². The van der Waals surface area contributed by atoms with Gasteiger partial charge in [-0.25, -0.2) is 0 Å². The van der Waals surface area contributed by atoms with Crippen LogP contribution in [0.1, 0.15) is 27.1 Å². The van der Waals surface area contributed by atoms with Crippen molar-refractivity contribution >= 4 is 11.8 Å². The van der Waals surface area contributed by atoms with E-state index in [2.05, 4.69) is 10.6 Å². The molecule has 0 aliphatic heterocycles. The zero-order chi connectivity index (χ0) is 16.7. The van der Waals surface area contributed by atoms with Gasteiger partial charge in [-0.15, -0.1) is 0 Å². The van der Waals surface area contributed by atoms with Crippen LogP contribution in [0.2, 0.25) is 0 Å². The van der Waals surface area contributed by atoms with Crippen molar-refractivity contribution in [3.63, 3.8) is 0 Å². The molecule has 0 saturated heterocycles. The van der Waals surface area contributed by atoms with Crippen molar-refractivity contribution in [3.05, 3.63) is 59.7 Å². The fourth-order valence-electron chi connectivity index (χ4n) is 1.96. The molecular formula is C17H18N2O4. The number of phenolic OH excluding ortho intramolecular Hbond substituents is 2. The lowest BCUT2D eigenvalue weighted by molar-refractivity contribution is 0.0951. The molecule has 0 aliphatic rings. The lowest BCUT2D eigenvalue weighted by Gasteiger charge is -2.07. The topological polar surface area (TPSA) is 98.7 Å². The summed E-state index contributed by atoms with van der Waals surface area (Å²) in [5, 5.41) is 23.9. The van der Waals surface area contributed by atoms with Crippen LogP contribution in [0.3, 0.4) is 0 Å². The summed E-state index contributed by atoms with van der Waals surface area (Å²) in [4.78, 5) is 23.6. The zero-order valence-corrected chi connectivity index (χ0v) is 12.5. The predicted octanol–water partition coefficient (Wildman–Crippen LogP) is 1.65. The standard InChI is InChI=1S/C17H18N2O4/c20-14-7-5-12(6-8-14)16(22)18-9-2-10-19-17(23)13-3-1-4-15(21)11-13/h1,3-8,11,20-21H,2,9-10H2,(H,18,22)(H,19,23). The maximum absolute atomic E-state index is 11.8. The molecule has 4 N–H and O–H groups in total. The van der Waals surface area contributed by atoms with Gasteiger partial charge in [0.1, 0.15) is 11.5 Å². The highest BCUT2D eigenvalue weighted by atomic mass is 16.3. The Morgan fingerprint density at radius 2 is 1.39 bits per heavy atom. The summed E-state index contributed by atoms with van der Waals surface area (Å²) in [5.74, 6) is -0.356. The minimum Gasteiger partial charge on any atom is -0.508 e. The van der Waals surface area contributed by atoms with Crippen molar-refractivity contribution in [2.24, 2.45) is 0 Å². The van der Waals surface area contributed by atoms with Gasteiger partial charge in [-0.2, -0.15) is 0 Å². The third-order valence-corrected chi connectivity index (χ3v) is 3.16. The van der Waals surface area contributed by atoms with Crippen LogP contribution in [0.4, 0.5) is 0 Å². The summed E-state index contributed by atoms with van der Waals surface area (Å²) in [6.45, 7) is 0.824. The summed E-state index contributed by atoms with van der Waals surface area (Å²) in [6.07, 6.45) is 0.578. The molecule has 0 atom stereocenters. The van der Waals surface area contributed by atoms with E-state index in [1.807, 2.05) is 0 Å². The normalized spacial score (nSPS) is 10.1. The van der Waals surface area contributed by atoms with Crippen LogP contribution in [-0.2, 0) is 0 Å². The van der Waals surface area contributed by atoms with Crippen molar-refractivity contribution < 1.29 is 19.8 Å². The molecule has 6 heteroatoms. The van der Waals surface area contributed by atoms with Crippen LogP contribution in [0.25, 0.3) is 0 Å². The van der Waals surface area contributed by atoms with Crippen molar-refractivity contribution in [2.45, 2.75) is 6.42 Å². The number of hydrogen-bond donors (Lipinski definition) is 4. The second-order valence-corrected chi connectivity index (χ2v) is 4.96. The molecule has 23 heavy (non-hydrogen) atoms. The number of benzene rings is 2. The molecule has 0 radical (unpaired) electrons. The van der Waals surface area contributed by atoms with Crippen molar-refractivity contribution in [1.29, 1.82) is 0 Å². The molecule has 0 spiro atoms. The van der Waals surface area contributed by atoms with E-state index < -0.39 is 0 Å². The monoisotopic (exact) mass is 314 g/mol. The third kappa shape index (κ3) is 5.03. The fraction of sp³-hybridized carbons (Fsp3) is 0.176. The van der Waals surface area contributed by atoms with Gasteiger partial charge in [0.25, 0.3) is 11.8 Å². The van der Waals surface area contributed by atoms with Gasteiger partial charge in [0.05, 0.1) is 0 Å². The Kier molecular flexibility index (Phi) is 5.57. The first kappa shape index (κ1) is 16.4. The number of hydrogen-bond acceptors (Lipinski definition) is 4.